The van der Waals surface area contributed by atoms with Gasteiger partial charge in [0.1, 0.15) is 5.65 Å². The van der Waals surface area contributed by atoms with Crippen molar-refractivity contribution in [3.63, 3.8) is 0 Å². The van der Waals surface area contributed by atoms with Gasteiger partial charge in [0, 0.05) is 22.5 Å². The molecule has 2 heterocycles. The topological polar surface area (TPSA) is 17.3 Å². The Morgan fingerprint density at radius 3 is 2.76 bits per heavy atom. The van der Waals surface area contributed by atoms with E-state index in [4.69, 9.17) is 11.6 Å². The number of benzene rings is 1. The number of nitrogens with zero attached hydrogens (tertiary/aromatic N) is 2. The molecule has 3 aromatic rings. The van der Waals surface area contributed by atoms with Crippen molar-refractivity contribution in [3.8, 4) is 11.3 Å². The molecule has 3 heteroatoms. The van der Waals surface area contributed by atoms with Crippen molar-refractivity contribution >= 4 is 17.2 Å². The van der Waals surface area contributed by atoms with E-state index in [2.05, 4.69) is 16.3 Å². The first-order chi connectivity index (χ1) is 8.25. The van der Waals surface area contributed by atoms with Crippen molar-refractivity contribution in [1.29, 1.82) is 0 Å². The first-order valence-electron chi connectivity index (χ1n) is 5.45. The molecule has 0 bridgehead atoms. The zero-order valence-electron chi connectivity index (χ0n) is 9.39. The Balaban J connectivity index is 2.27. The third-order valence-corrected chi connectivity index (χ3v) is 3.10. The highest BCUT2D eigenvalue weighted by atomic mass is 35.5. The van der Waals surface area contributed by atoms with Gasteiger partial charge in [-0.3, -0.25) is 0 Å². The maximum absolute atomic E-state index is 6.01. The van der Waals surface area contributed by atoms with Crippen LogP contribution in [0.4, 0.5) is 0 Å². The van der Waals surface area contributed by atoms with Crippen LogP contribution in [-0.4, -0.2) is 9.38 Å². The van der Waals surface area contributed by atoms with Crippen LogP contribution in [0.15, 0.2) is 48.7 Å². The number of fused-ring (bicyclic) bond motifs is 1. The van der Waals surface area contributed by atoms with Gasteiger partial charge in [0.2, 0.25) is 0 Å². The van der Waals surface area contributed by atoms with Crippen LogP contribution in [0, 0.1) is 6.92 Å². The second-order valence-corrected chi connectivity index (χ2v) is 4.42. The molecule has 2 nitrogen and oxygen atoms in total. The van der Waals surface area contributed by atoms with Crippen molar-refractivity contribution in [2.45, 2.75) is 6.92 Å². The number of hydrogen-bond acceptors (Lipinski definition) is 1. The number of aryl methyl sites for hydroxylation is 1. The van der Waals surface area contributed by atoms with Crippen molar-refractivity contribution in [2.24, 2.45) is 0 Å². The number of pyridine rings is 1. The third kappa shape index (κ3) is 1.71. The molecule has 0 atom stereocenters. The van der Waals surface area contributed by atoms with E-state index >= 15 is 0 Å². The van der Waals surface area contributed by atoms with E-state index < -0.39 is 0 Å². The van der Waals surface area contributed by atoms with E-state index in [0.29, 0.717) is 0 Å². The molecule has 84 valence electrons. The molecule has 0 N–H and O–H groups in total. The van der Waals surface area contributed by atoms with Gasteiger partial charge in [-0.15, -0.1) is 0 Å². The molecule has 0 aliphatic rings. The molecule has 0 radical (unpaired) electrons. The summed E-state index contributed by atoms with van der Waals surface area (Å²) in [6, 6.07) is 13.8. The van der Waals surface area contributed by atoms with Gasteiger partial charge in [-0.1, -0.05) is 29.8 Å². The summed E-state index contributed by atoms with van der Waals surface area (Å²) >= 11 is 6.01. The van der Waals surface area contributed by atoms with Gasteiger partial charge in [0.15, 0.2) is 0 Å². The minimum atomic E-state index is 0.735. The van der Waals surface area contributed by atoms with E-state index in [1.165, 1.54) is 0 Å². The molecule has 0 spiro atoms. The molecule has 0 aliphatic carbocycles. The summed E-state index contributed by atoms with van der Waals surface area (Å²) in [5.41, 5.74) is 4.13. The summed E-state index contributed by atoms with van der Waals surface area (Å²) in [5.74, 6) is 0. The van der Waals surface area contributed by atoms with Crippen molar-refractivity contribution in [3.05, 3.63) is 59.4 Å². The average molecular weight is 243 g/mol. The zero-order chi connectivity index (χ0) is 11.8. The largest absolute Gasteiger partial charge is 0.304 e. The van der Waals surface area contributed by atoms with Gasteiger partial charge in [-0.25, -0.2) is 4.98 Å². The smallest absolute Gasteiger partial charge is 0.137 e. The summed E-state index contributed by atoms with van der Waals surface area (Å²) in [7, 11) is 0. The quantitative estimate of drug-likeness (QED) is 0.631. The van der Waals surface area contributed by atoms with Crippen LogP contribution in [0.1, 0.15) is 5.69 Å². The highest BCUT2D eigenvalue weighted by molar-refractivity contribution is 6.30. The summed E-state index contributed by atoms with van der Waals surface area (Å²) < 4.78 is 2.08. The summed E-state index contributed by atoms with van der Waals surface area (Å²) in [6.07, 6.45) is 2.02. The van der Waals surface area contributed by atoms with Gasteiger partial charge >= 0.3 is 0 Å². The number of hydrogen-bond donors (Lipinski definition) is 0. The Labute approximate surface area is 104 Å². The van der Waals surface area contributed by atoms with E-state index in [0.717, 1.165) is 27.6 Å². The van der Waals surface area contributed by atoms with E-state index in [1.807, 2.05) is 48.7 Å². The maximum atomic E-state index is 6.01. The lowest BCUT2D eigenvalue weighted by Crippen LogP contribution is -1.86. The molecule has 0 aliphatic heterocycles. The standard InChI is InChI=1S/C14H11ClN2/c1-10-14(11-5-4-6-12(15)9-11)16-13-7-2-3-8-17(10)13/h2-9H,1H3. The molecular formula is C14H11ClN2. The average Bonchev–Trinajstić information content (AvgIpc) is 2.68. The Bertz CT molecular complexity index is 686. The van der Waals surface area contributed by atoms with Crippen molar-refractivity contribution < 1.29 is 0 Å². The van der Waals surface area contributed by atoms with Gasteiger partial charge in [0.05, 0.1) is 5.69 Å². The monoisotopic (exact) mass is 242 g/mol. The molecule has 0 saturated carbocycles. The number of imidazole rings is 1. The fourth-order valence-corrected chi connectivity index (χ4v) is 2.22. The zero-order valence-corrected chi connectivity index (χ0v) is 10.1. The van der Waals surface area contributed by atoms with Crippen LogP contribution in [0.2, 0.25) is 5.02 Å². The number of halogens is 1. The van der Waals surface area contributed by atoms with Gasteiger partial charge in [0.25, 0.3) is 0 Å². The molecule has 1 aromatic carbocycles. The minimum Gasteiger partial charge on any atom is -0.304 e. The lowest BCUT2D eigenvalue weighted by atomic mass is 10.1. The third-order valence-electron chi connectivity index (χ3n) is 2.87. The van der Waals surface area contributed by atoms with E-state index in [1.54, 1.807) is 0 Å². The summed E-state index contributed by atoms with van der Waals surface area (Å²) in [4.78, 5) is 4.63. The molecule has 0 fully saturated rings. The lowest BCUT2D eigenvalue weighted by molar-refractivity contribution is 1.11. The highest BCUT2D eigenvalue weighted by Gasteiger charge is 2.09. The highest BCUT2D eigenvalue weighted by Crippen LogP contribution is 2.25. The Kier molecular flexibility index (Phi) is 2.37. The predicted octanol–water partition coefficient (Wildman–Crippen LogP) is 3.96. The van der Waals surface area contributed by atoms with Crippen molar-refractivity contribution in [2.75, 3.05) is 0 Å². The predicted molar refractivity (Wildman–Crippen MR) is 70.4 cm³/mol. The Hall–Kier alpha value is -1.80. The van der Waals surface area contributed by atoms with Crippen LogP contribution >= 0.6 is 11.6 Å². The maximum Gasteiger partial charge on any atom is 0.137 e. The van der Waals surface area contributed by atoms with Crippen LogP contribution in [0.3, 0.4) is 0 Å². The fourth-order valence-electron chi connectivity index (χ4n) is 2.03. The van der Waals surface area contributed by atoms with E-state index in [-0.39, 0.29) is 0 Å². The Morgan fingerprint density at radius 2 is 2.00 bits per heavy atom. The molecule has 0 unspecified atom stereocenters. The van der Waals surface area contributed by atoms with Gasteiger partial charge in [-0.2, -0.15) is 0 Å². The molecule has 3 rings (SSSR count). The van der Waals surface area contributed by atoms with Crippen LogP contribution in [-0.2, 0) is 0 Å². The molecule has 0 amide bonds. The Morgan fingerprint density at radius 1 is 1.12 bits per heavy atom. The van der Waals surface area contributed by atoms with Gasteiger partial charge in [-0.05, 0) is 31.2 Å². The second-order valence-electron chi connectivity index (χ2n) is 3.99. The summed E-state index contributed by atoms with van der Waals surface area (Å²) in [5, 5.41) is 0.735. The van der Waals surface area contributed by atoms with Crippen LogP contribution in [0.25, 0.3) is 16.9 Å². The second kappa shape index (κ2) is 3.90. The molecular weight excluding hydrogens is 232 g/mol. The van der Waals surface area contributed by atoms with Crippen molar-refractivity contribution in [1.82, 2.24) is 9.38 Å². The minimum absolute atomic E-state index is 0.735. The molecule has 17 heavy (non-hydrogen) atoms. The SMILES string of the molecule is Cc1c(-c2cccc(Cl)c2)nc2ccccn12. The number of rotatable bonds is 1. The first-order valence-corrected chi connectivity index (χ1v) is 5.83. The first kappa shape index (κ1) is 10.4. The van der Waals surface area contributed by atoms with Crippen LogP contribution in [0.5, 0.6) is 0 Å². The lowest BCUT2D eigenvalue weighted by Gasteiger charge is -1.99. The fraction of sp³-hybridized carbons (Fsp3) is 0.0714. The molecule has 0 saturated heterocycles. The number of aromatic nitrogens is 2. The normalized spacial score (nSPS) is 10.9. The van der Waals surface area contributed by atoms with Gasteiger partial charge < -0.3 is 4.40 Å². The van der Waals surface area contributed by atoms with Crippen LogP contribution < -0.4 is 0 Å². The summed E-state index contributed by atoms with van der Waals surface area (Å²) in [6.45, 7) is 2.07. The van der Waals surface area contributed by atoms with E-state index in [9.17, 15) is 0 Å². The molecule has 2 aromatic heterocycles.